The quantitative estimate of drug-likeness (QED) is 0.475. The third kappa shape index (κ3) is 7.10. The van der Waals surface area contributed by atoms with E-state index in [9.17, 15) is 9.59 Å². The zero-order valence-electron chi connectivity index (χ0n) is 17.3. The molecule has 8 nitrogen and oxygen atoms in total. The van der Waals surface area contributed by atoms with Gasteiger partial charge in [0.05, 0.1) is 13.5 Å². The number of piperidine rings is 2. The van der Waals surface area contributed by atoms with Gasteiger partial charge in [-0.2, -0.15) is 0 Å². The van der Waals surface area contributed by atoms with Gasteiger partial charge in [0.25, 0.3) is 0 Å². The van der Waals surface area contributed by atoms with Crippen LogP contribution in [0.4, 0.5) is 0 Å². The Balaban J connectivity index is 0.00000210. The van der Waals surface area contributed by atoms with Crippen molar-refractivity contribution in [2.24, 2.45) is 0 Å². The number of carbonyl (C=O) groups excluding carboxylic acids is 2. The summed E-state index contributed by atoms with van der Waals surface area (Å²) in [6, 6.07) is 0.660. The first-order valence-electron chi connectivity index (χ1n) is 10.3. The summed E-state index contributed by atoms with van der Waals surface area (Å²) < 4.78 is 4.79. The predicted octanol–water partition coefficient (Wildman–Crippen LogP) is 1.10. The van der Waals surface area contributed by atoms with E-state index in [-0.39, 0.29) is 31.2 Å². The Morgan fingerprint density at radius 1 is 1.00 bits per heavy atom. The minimum absolute atomic E-state index is 0. The Morgan fingerprint density at radius 3 is 2.14 bits per heavy atom. The summed E-state index contributed by atoms with van der Waals surface area (Å²) in [5.41, 5.74) is 0.360. The highest BCUT2D eigenvalue weighted by atomic mass is 35.5. The van der Waals surface area contributed by atoms with E-state index in [1.54, 1.807) is 0 Å². The molecule has 0 aromatic rings. The smallest absolute Gasteiger partial charge is 0.312 e. The fourth-order valence-corrected chi connectivity index (χ4v) is 4.38. The first-order chi connectivity index (χ1) is 13.2. The number of carbonyl (C=O) groups is 1. The molecule has 0 amide bonds. The second-order valence-corrected chi connectivity index (χ2v) is 7.58. The fraction of sp³-hybridized carbons (Fsp3) is 0.842. The minimum Gasteiger partial charge on any atom is -0.469 e. The van der Waals surface area contributed by atoms with Crippen molar-refractivity contribution in [1.29, 1.82) is 0 Å². The van der Waals surface area contributed by atoms with Gasteiger partial charge in [0.1, 0.15) is 11.6 Å². The van der Waals surface area contributed by atoms with Gasteiger partial charge in [0.2, 0.25) is 0 Å². The van der Waals surface area contributed by atoms with E-state index in [0.717, 1.165) is 65.2 Å². The van der Waals surface area contributed by atoms with Crippen molar-refractivity contribution in [3.05, 3.63) is 5.70 Å². The molecule has 0 saturated carbocycles. The normalized spacial score (nSPS) is 22.0. The van der Waals surface area contributed by atoms with Crippen LogP contribution < -0.4 is 5.32 Å². The summed E-state index contributed by atoms with van der Waals surface area (Å²) >= 11 is 0. The lowest BCUT2D eigenvalue weighted by Crippen LogP contribution is -2.61. The van der Waals surface area contributed by atoms with E-state index in [4.69, 9.17) is 4.74 Å². The first-order valence-corrected chi connectivity index (χ1v) is 10.3. The molecule has 1 N–H and O–H groups in total. The van der Waals surface area contributed by atoms with Gasteiger partial charge < -0.3 is 10.1 Å². The molecule has 0 aliphatic carbocycles. The molecule has 3 rings (SSSR count). The molecule has 29 heavy (non-hydrogen) atoms. The van der Waals surface area contributed by atoms with Crippen LogP contribution in [-0.4, -0.2) is 97.5 Å². The highest BCUT2D eigenvalue weighted by Gasteiger charge is 2.32. The van der Waals surface area contributed by atoms with Gasteiger partial charge in [0, 0.05) is 45.3 Å². The number of rotatable bonds is 6. The lowest BCUT2D eigenvalue weighted by molar-refractivity contribution is -0.182. The van der Waals surface area contributed by atoms with Crippen LogP contribution in [0.5, 0.6) is 0 Å². The summed E-state index contributed by atoms with van der Waals surface area (Å²) in [6.07, 6.45) is 5.80. The zero-order chi connectivity index (χ0) is 19.1. The van der Waals surface area contributed by atoms with E-state index >= 15 is 0 Å². The summed E-state index contributed by atoms with van der Waals surface area (Å²) in [7, 11) is 1.35. The van der Waals surface area contributed by atoms with Crippen LogP contribution in [0.15, 0.2) is 5.70 Å². The molecule has 0 aromatic heterocycles. The van der Waals surface area contributed by atoms with Crippen LogP contribution in [-0.2, 0) is 14.3 Å². The second kappa shape index (κ2) is 13.4. The van der Waals surface area contributed by atoms with Crippen molar-refractivity contribution in [2.45, 2.75) is 44.6 Å². The van der Waals surface area contributed by atoms with Gasteiger partial charge in [-0.15, -0.1) is 24.8 Å². The SMILES string of the molecule is COC(=O)CC(=C=O)N(N1CCCCC1)N1CCN(C2CCNCC2)CC1.Cl.Cl. The summed E-state index contributed by atoms with van der Waals surface area (Å²) in [5, 5.41) is 9.79. The molecule has 3 heterocycles. The maximum absolute atomic E-state index is 11.8. The average Bonchev–Trinajstić information content (AvgIpc) is 2.75. The molecule has 3 aliphatic rings. The minimum atomic E-state index is -0.399. The Bertz CT molecular complexity index is 542. The van der Waals surface area contributed by atoms with Crippen LogP contribution in [0.2, 0.25) is 0 Å². The van der Waals surface area contributed by atoms with Crippen LogP contribution in [0.25, 0.3) is 0 Å². The van der Waals surface area contributed by atoms with Crippen molar-refractivity contribution in [1.82, 2.24) is 25.4 Å². The molecule has 0 aromatic carbocycles. The van der Waals surface area contributed by atoms with E-state index in [1.165, 1.54) is 26.4 Å². The molecule has 0 bridgehead atoms. The highest BCUT2D eigenvalue weighted by Crippen LogP contribution is 2.22. The molecule has 0 atom stereocenters. The molecule has 0 radical (unpaired) electrons. The number of nitrogens with one attached hydrogen (secondary N) is 1. The highest BCUT2D eigenvalue weighted by molar-refractivity contribution is 5.85. The number of nitrogens with zero attached hydrogens (tertiary/aromatic N) is 4. The molecule has 0 unspecified atom stereocenters. The molecule has 168 valence electrons. The van der Waals surface area contributed by atoms with E-state index < -0.39 is 5.97 Å². The van der Waals surface area contributed by atoms with Crippen molar-refractivity contribution in [2.75, 3.05) is 59.5 Å². The number of methoxy groups -OCH3 is 1. The van der Waals surface area contributed by atoms with Gasteiger partial charge in [0.15, 0.2) is 0 Å². The Kier molecular flexibility index (Phi) is 12.1. The molecule has 0 spiro atoms. The maximum Gasteiger partial charge on any atom is 0.312 e. The van der Waals surface area contributed by atoms with Gasteiger partial charge in [-0.1, -0.05) is 6.42 Å². The Labute approximate surface area is 186 Å². The van der Waals surface area contributed by atoms with Gasteiger partial charge in [-0.25, -0.2) is 19.9 Å². The van der Waals surface area contributed by atoms with E-state index in [0.29, 0.717) is 11.7 Å². The van der Waals surface area contributed by atoms with Crippen molar-refractivity contribution in [3.8, 4) is 0 Å². The first kappa shape index (κ1) is 26.2. The second-order valence-electron chi connectivity index (χ2n) is 7.58. The average molecular weight is 452 g/mol. The third-order valence-corrected chi connectivity index (χ3v) is 5.88. The molecule has 3 aliphatic heterocycles. The van der Waals surface area contributed by atoms with Crippen LogP contribution in [0.1, 0.15) is 38.5 Å². The topological polar surface area (TPSA) is 68.4 Å². The standard InChI is InChI=1S/C19H33N5O3.2ClH/c1-27-19(26)15-18(16-25)24(22-9-3-2-4-10-22)23-13-11-21(12-14-23)17-5-7-20-8-6-17;;/h17,20H,2-15H2,1H3;2*1H. The van der Waals surface area contributed by atoms with Gasteiger partial charge in [-0.05, 0) is 38.8 Å². The predicted molar refractivity (Wildman–Crippen MR) is 117 cm³/mol. The van der Waals surface area contributed by atoms with Gasteiger partial charge in [-0.3, -0.25) is 9.69 Å². The largest absolute Gasteiger partial charge is 0.469 e. The van der Waals surface area contributed by atoms with E-state index in [1.807, 2.05) is 11.1 Å². The molecule has 3 fully saturated rings. The summed E-state index contributed by atoms with van der Waals surface area (Å²) in [4.78, 5) is 26.1. The lowest BCUT2D eigenvalue weighted by Gasteiger charge is -2.49. The van der Waals surface area contributed by atoms with E-state index in [2.05, 4.69) is 20.2 Å². The van der Waals surface area contributed by atoms with Gasteiger partial charge >= 0.3 is 5.97 Å². The van der Waals surface area contributed by atoms with Crippen LogP contribution in [0.3, 0.4) is 0 Å². The number of hydrazine groups is 2. The maximum atomic E-state index is 11.8. The third-order valence-electron chi connectivity index (χ3n) is 5.88. The fourth-order valence-electron chi connectivity index (χ4n) is 4.38. The molecular formula is C19H35Cl2N5O3. The summed E-state index contributed by atoms with van der Waals surface area (Å²) in [5.74, 6) is 1.62. The monoisotopic (exact) mass is 451 g/mol. The summed E-state index contributed by atoms with van der Waals surface area (Å²) in [6.45, 7) is 7.68. The molecular weight excluding hydrogens is 417 g/mol. The van der Waals surface area contributed by atoms with Crippen LogP contribution in [0, 0.1) is 0 Å². The van der Waals surface area contributed by atoms with Crippen molar-refractivity contribution >= 4 is 36.7 Å². The number of esters is 1. The number of halogens is 2. The number of ether oxygens (including phenoxy) is 1. The Morgan fingerprint density at radius 2 is 1.59 bits per heavy atom. The van der Waals surface area contributed by atoms with Crippen molar-refractivity contribution < 1.29 is 14.3 Å². The number of hydrogen-bond donors (Lipinski definition) is 1. The Hall–Kier alpha value is -0.860. The number of hydrogen-bond acceptors (Lipinski definition) is 8. The number of piperazine rings is 1. The molecule has 3 saturated heterocycles. The van der Waals surface area contributed by atoms with Crippen molar-refractivity contribution in [3.63, 3.8) is 0 Å². The van der Waals surface area contributed by atoms with Crippen LogP contribution >= 0.6 is 24.8 Å². The lowest BCUT2D eigenvalue weighted by atomic mass is 10.0. The zero-order valence-corrected chi connectivity index (χ0v) is 18.9. The molecule has 10 heteroatoms.